The van der Waals surface area contributed by atoms with E-state index in [2.05, 4.69) is 10.6 Å². The van der Waals surface area contributed by atoms with Gasteiger partial charge in [-0.25, -0.2) is 4.79 Å². The fourth-order valence-corrected chi connectivity index (χ4v) is 2.43. The molecule has 1 heterocycles. The maximum atomic E-state index is 12.0. The van der Waals surface area contributed by atoms with Crippen molar-refractivity contribution in [3.8, 4) is 6.07 Å². The van der Waals surface area contributed by atoms with E-state index in [0.717, 1.165) is 0 Å². The molecule has 0 aliphatic carbocycles. The van der Waals surface area contributed by atoms with Crippen LogP contribution in [0.5, 0.6) is 0 Å². The van der Waals surface area contributed by atoms with Crippen LogP contribution in [0.15, 0.2) is 24.3 Å². The molecular formula is C16H20N4O2. The minimum absolute atomic E-state index is 0.0520. The van der Waals surface area contributed by atoms with Gasteiger partial charge in [-0.05, 0) is 45.0 Å². The maximum absolute atomic E-state index is 12.0. The molecule has 0 bridgehead atoms. The second kappa shape index (κ2) is 6.06. The smallest absolute Gasteiger partial charge is 0.319 e. The largest absolute Gasteiger partial charge is 0.336 e. The number of hydrogen-bond acceptors (Lipinski definition) is 3. The lowest BCUT2D eigenvalue weighted by atomic mass is 10.1. The molecule has 0 saturated carbocycles. The van der Waals surface area contributed by atoms with Crippen LogP contribution in [0.25, 0.3) is 0 Å². The molecule has 1 fully saturated rings. The molecule has 1 atom stereocenters. The van der Waals surface area contributed by atoms with Crippen molar-refractivity contribution < 1.29 is 9.59 Å². The first-order valence-corrected chi connectivity index (χ1v) is 7.18. The highest BCUT2D eigenvalue weighted by Gasteiger charge is 2.36. The summed E-state index contributed by atoms with van der Waals surface area (Å²) in [6, 6.07) is 8.08. The Morgan fingerprint density at radius 1 is 1.32 bits per heavy atom. The number of likely N-dealkylation sites (tertiary alicyclic amines) is 1. The summed E-state index contributed by atoms with van der Waals surface area (Å²) >= 11 is 0. The SMILES string of the molecule is CC(C)(C)N1CC(NC(=O)Nc2ccc(C#N)cc2)CC1=O. The normalized spacial score (nSPS) is 18.0. The quantitative estimate of drug-likeness (QED) is 0.877. The average Bonchev–Trinajstić information content (AvgIpc) is 2.80. The van der Waals surface area contributed by atoms with Crippen LogP contribution in [0.3, 0.4) is 0 Å². The molecule has 1 aliphatic rings. The van der Waals surface area contributed by atoms with Crippen LogP contribution in [0, 0.1) is 11.3 Å². The molecule has 0 aromatic heterocycles. The van der Waals surface area contributed by atoms with Crippen LogP contribution in [0.1, 0.15) is 32.8 Å². The Bertz CT molecular complexity index is 611. The van der Waals surface area contributed by atoms with E-state index < -0.39 is 0 Å². The lowest BCUT2D eigenvalue weighted by molar-refractivity contribution is -0.131. The molecule has 0 radical (unpaired) electrons. The van der Waals surface area contributed by atoms with E-state index in [0.29, 0.717) is 24.2 Å². The summed E-state index contributed by atoms with van der Waals surface area (Å²) < 4.78 is 0. The van der Waals surface area contributed by atoms with E-state index in [-0.39, 0.29) is 23.5 Å². The molecule has 116 valence electrons. The first-order chi connectivity index (χ1) is 10.3. The zero-order valence-corrected chi connectivity index (χ0v) is 13.0. The van der Waals surface area contributed by atoms with Gasteiger partial charge >= 0.3 is 6.03 Å². The first kappa shape index (κ1) is 15.8. The van der Waals surface area contributed by atoms with Gasteiger partial charge in [0, 0.05) is 24.2 Å². The van der Waals surface area contributed by atoms with Gasteiger partial charge < -0.3 is 15.5 Å². The van der Waals surface area contributed by atoms with Crippen LogP contribution in [-0.2, 0) is 4.79 Å². The zero-order valence-electron chi connectivity index (χ0n) is 13.0. The van der Waals surface area contributed by atoms with Crippen molar-refractivity contribution in [1.82, 2.24) is 10.2 Å². The van der Waals surface area contributed by atoms with Crippen molar-refractivity contribution in [2.45, 2.75) is 38.8 Å². The van der Waals surface area contributed by atoms with Crippen molar-refractivity contribution in [2.24, 2.45) is 0 Å². The molecule has 2 rings (SSSR count). The Morgan fingerprint density at radius 2 is 1.95 bits per heavy atom. The second-order valence-corrected chi connectivity index (χ2v) is 6.36. The molecule has 1 aliphatic heterocycles. The Kier molecular flexibility index (Phi) is 4.36. The number of carbonyl (C=O) groups is 2. The van der Waals surface area contributed by atoms with E-state index in [9.17, 15) is 9.59 Å². The molecule has 6 heteroatoms. The Morgan fingerprint density at radius 3 is 2.45 bits per heavy atom. The van der Waals surface area contributed by atoms with Crippen LogP contribution < -0.4 is 10.6 Å². The Balaban J connectivity index is 1.90. The van der Waals surface area contributed by atoms with Gasteiger partial charge in [-0.3, -0.25) is 4.79 Å². The van der Waals surface area contributed by atoms with Gasteiger partial charge in [-0.15, -0.1) is 0 Å². The molecule has 1 saturated heterocycles. The van der Waals surface area contributed by atoms with Crippen LogP contribution in [-0.4, -0.2) is 35.0 Å². The Labute approximate surface area is 130 Å². The zero-order chi connectivity index (χ0) is 16.3. The minimum atomic E-state index is -0.349. The number of anilines is 1. The number of nitriles is 1. The topological polar surface area (TPSA) is 85.2 Å². The number of hydrogen-bond donors (Lipinski definition) is 2. The summed E-state index contributed by atoms with van der Waals surface area (Å²) in [4.78, 5) is 25.7. The van der Waals surface area contributed by atoms with Gasteiger partial charge in [0.2, 0.25) is 5.91 Å². The van der Waals surface area contributed by atoms with Gasteiger partial charge in [-0.2, -0.15) is 5.26 Å². The van der Waals surface area contributed by atoms with Gasteiger partial charge in [0.05, 0.1) is 17.7 Å². The summed E-state index contributed by atoms with van der Waals surface area (Å²) in [6.07, 6.45) is 0.318. The average molecular weight is 300 g/mol. The summed E-state index contributed by atoms with van der Waals surface area (Å²) in [7, 11) is 0. The molecule has 22 heavy (non-hydrogen) atoms. The summed E-state index contributed by atoms with van der Waals surface area (Å²) in [6.45, 7) is 6.45. The third-order valence-electron chi connectivity index (χ3n) is 3.54. The van der Waals surface area contributed by atoms with Gasteiger partial charge in [0.15, 0.2) is 0 Å². The predicted molar refractivity (Wildman–Crippen MR) is 83.2 cm³/mol. The molecule has 1 aromatic rings. The fourth-order valence-electron chi connectivity index (χ4n) is 2.43. The van der Waals surface area contributed by atoms with Gasteiger partial charge in [-0.1, -0.05) is 0 Å². The molecule has 1 aromatic carbocycles. The molecule has 1 unspecified atom stereocenters. The molecule has 2 N–H and O–H groups in total. The van der Waals surface area contributed by atoms with Crippen molar-refractivity contribution in [3.63, 3.8) is 0 Å². The fraction of sp³-hybridized carbons (Fsp3) is 0.438. The first-order valence-electron chi connectivity index (χ1n) is 7.18. The van der Waals surface area contributed by atoms with Crippen LogP contribution in [0.2, 0.25) is 0 Å². The number of urea groups is 1. The monoisotopic (exact) mass is 300 g/mol. The molecule has 3 amide bonds. The highest BCUT2D eigenvalue weighted by atomic mass is 16.2. The second-order valence-electron chi connectivity index (χ2n) is 6.36. The van der Waals surface area contributed by atoms with E-state index >= 15 is 0 Å². The van der Waals surface area contributed by atoms with E-state index in [1.54, 1.807) is 29.2 Å². The third kappa shape index (κ3) is 3.76. The lowest BCUT2D eigenvalue weighted by Gasteiger charge is -2.32. The van der Waals surface area contributed by atoms with E-state index in [4.69, 9.17) is 5.26 Å². The van der Waals surface area contributed by atoms with Gasteiger partial charge in [0.1, 0.15) is 0 Å². The van der Waals surface area contributed by atoms with E-state index in [1.165, 1.54) is 0 Å². The maximum Gasteiger partial charge on any atom is 0.319 e. The Hall–Kier alpha value is -2.55. The van der Waals surface area contributed by atoms with Crippen LogP contribution in [0.4, 0.5) is 10.5 Å². The standard InChI is InChI=1S/C16H20N4O2/c1-16(2,3)20-10-13(8-14(20)21)19-15(22)18-12-6-4-11(9-17)5-7-12/h4-7,13H,8,10H2,1-3H3,(H2,18,19,22). The lowest BCUT2D eigenvalue weighted by Crippen LogP contribution is -2.45. The van der Waals surface area contributed by atoms with Crippen molar-refractivity contribution in [2.75, 3.05) is 11.9 Å². The van der Waals surface area contributed by atoms with Crippen LogP contribution >= 0.6 is 0 Å². The van der Waals surface area contributed by atoms with Crippen molar-refractivity contribution in [1.29, 1.82) is 5.26 Å². The molecular weight excluding hydrogens is 280 g/mol. The number of nitrogens with zero attached hydrogens (tertiary/aromatic N) is 2. The minimum Gasteiger partial charge on any atom is -0.336 e. The molecule has 0 spiro atoms. The van der Waals surface area contributed by atoms with Crippen molar-refractivity contribution >= 4 is 17.6 Å². The summed E-state index contributed by atoms with van der Waals surface area (Å²) in [5.74, 6) is 0.0520. The number of rotatable bonds is 2. The molecule has 6 nitrogen and oxygen atoms in total. The predicted octanol–water partition coefficient (Wildman–Crippen LogP) is 2.08. The van der Waals surface area contributed by atoms with E-state index in [1.807, 2.05) is 26.8 Å². The number of carbonyl (C=O) groups excluding carboxylic acids is 2. The number of nitrogens with one attached hydrogen (secondary N) is 2. The summed E-state index contributed by atoms with van der Waals surface area (Å²) in [5.41, 5.74) is 0.901. The van der Waals surface area contributed by atoms with Gasteiger partial charge in [0.25, 0.3) is 0 Å². The van der Waals surface area contributed by atoms with Crippen molar-refractivity contribution in [3.05, 3.63) is 29.8 Å². The number of amides is 3. The highest BCUT2D eigenvalue weighted by molar-refractivity contribution is 5.90. The summed E-state index contributed by atoms with van der Waals surface area (Å²) in [5, 5.41) is 14.2. The third-order valence-corrected chi connectivity index (χ3v) is 3.54. The highest BCUT2D eigenvalue weighted by Crippen LogP contribution is 2.21. The number of benzene rings is 1.